The highest BCUT2D eigenvalue weighted by molar-refractivity contribution is 7.12. The molecule has 2 aliphatic carbocycles. The van der Waals surface area contributed by atoms with Crippen LogP contribution in [-0.4, -0.2) is 11.9 Å². The first kappa shape index (κ1) is 13.1. The maximum atomic E-state index is 12.3. The van der Waals surface area contributed by atoms with E-state index in [1.807, 2.05) is 0 Å². The van der Waals surface area contributed by atoms with Gasteiger partial charge in [-0.25, -0.2) is 0 Å². The Bertz CT molecular complexity index is 475. The summed E-state index contributed by atoms with van der Waals surface area (Å²) < 4.78 is 0. The van der Waals surface area contributed by atoms with Crippen LogP contribution in [0, 0.1) is 31.6 Å². The zero-order valence-corrected chi connectivity index (χ0v) is 12.4. The van der Waals surface area contributed by atoms with E-state index in [1.54, 1.807) is 11.3 Å². The number of nitrogens with two attached hydrogens (primary N) is 1. The maximum Gasteiger partial charge on any atom is 0.225 e. The molecule has 2 saturated carbocycles. The van der Waals surface area contributed by atoms with Crippen molar-refractivity contribution < 1.29 is 4.79 Å². The molecule has 3 nitrogen and oxygen atoms in total. The molecule has 0 radical (unpaired) electrons. The maximum absolute atomic E-state index is 12.3. The molecule has 1 aromatic rings. The third-order valence-corrected chi connectivity index (χ3v) is 6.09. The molecular weight excluding hydrogens is 256 g/mol. The summed E-state index contributed by atoms with van der Waals surface area (Å²) >= 11 is 1.77. The smallest absolute Gasteiger partial charge is 0.225 e. The molecule has 19 heavy (non-hydrogen) atoms. The lowest BCUT2D eigenvalue weighted by molar-refractivity contribution is -0.127. The van der Waals surface area contributed by atoms with E-state index in [0.717, 1.165) is 6.42 Å². The van der Waals surface area contributed by atoms with Gasteiger partial charge in [-0.2, -0.15) is 0 Å². The summed E-state index contributed by atoms with van der Waals surface area (Å²) in [6, 6.07) is 2.26. The van der Waals surface area contributed by atoms with E-state index in [-0.39, 0.29) is 17.9 Å². The monoisotopic (exact) mass is 278 g/mol. The van der Waals surface area contributed by atoms with E-state index in [9.17, 15) is 4.79 Å². The highest BCUT2D eigenvalue weighted by Crippen LogP contribution is 2.47. The predicted molar refractivity (Wildman–Crippen MR) is 77.9 cm³/mol. The molecule has 104 valence electrons. The minimum Gasteiger partial charge on any atom is -0.351 e. The quantitative estimate of drug-likeness (QED) is 0.891. The second-order valence-electron chi connectivity index (χ2n) is 6.11. The molecule has 0 aliphatic heterocycles. The van der Waals surface area contributed by atoms with E-state index >= 15 is 0 Å². The van der Waals surface area contributed by atoms with E-state index in [4.69, 9.17) is 5.73 Å². The molecule has 0 aromatic carbocycles. The minimum absolute atomic E-state index is 0.0564. The van der Waals surface area contributed by atoms with Gasteiger partial charge >= 0.3 is 0 Å². The Balaban J connectivity index is 1.60. The molecule has 2 bridgehead atoms. The van der Waals surface area contributed by atoms with Gasteiger partial charge in [-0.15, -0.1) is 11.3 Å². The van der Waals surface area contributed by atoms with Crippen molar-refractivity contribution in [1.82, 2.24) is 5.32 Å². The highest BCUT2D eigenvalue weighted by Gasteiger charge is 2.48. The van der Waals surface area contributed by atoms with Crippen molar-refractivity contribution in [3.8, 4) is 0 Å². The van der Waals surface area contributed by atoms with E-state index < -0.39 is 0 Å². The first-order valence-corrected chi connectivity index (χ1v) is 7.97. The topological polar surface area (TPSA) is 55.1 Å². The van der Waals surface area contributed by atoms with E-state index in [2.05, 4.69) is 25.2 Å². The number of carbonyl (C=O) groups is 1. The summed E-state index contributed by atoms with van der Waals surface area (Å²) in [4.78, 5) is 14.9. The summed E-state index contributed by atoms with van der Waals surface area (Å²) in [7, 11) is 0. The Hall–Kier alpha value is -0.870. The zero-order valence-electron chi connectivity index (χ0n) is 11.6. The number of hydrogen-bond acceptors (Lipinski definition) is 3. The molecule has 4 atom stereocenters. The molecule has 0 spiro atoms. The largest absolute Gasteiger partial charge is 0.351 e. The van der Waals surface area contributed by atoms with Crippen molar-refractivity contribution in [3.63, 3.8) is 0 Å². The molecule has 3 rings (SSSR count). The van der Waals surface area contributed by atoms with E-state index in [0.29, 0.717) is 18.4 Å². The fourth-order valence-electron chi connectivity index (χ4n) is 3.75. The minimum atomic E-state index is 0.0564. The van der Waals surface area contributed by atoms with Crippen LogP contribution in [0.4, 0.5) is 0 Å². The number of thiophene rings is 1. The average Bonchev–Trinajstić information content (AvgIpc) is 3.03. The van der Waals surface area contributed by atoms with Crippen molar-refractivity contribution >= 4 is 17.2 Å². The Morgan fingerprint density at radius 3 is 2.74 bits per heavy atom. The fraction of sp³-hybridized carbons (Fsp3) is 0.667. The number of aryl methyl sites for hydroxylation is 2. The van der Waals surface area contributed by atoms with Gasteiger partial charge in [0.05, 0.1) is 12.5 Å². The van der Waals surface area contributed by atoms with Gasteiger partial charge in [-0.05, 0) is 56.6 Å². The summed E-state index contributed by atoms with van der Waals surface area (Å²) in [5.41, 5.74) is 7.52. The second kappa shape index (κ2) is 4.91. The number of hydrogen-bond donors (Lipinski definition) is 2. The first-order valence-electron chi connectivity index (χ1n) is 7.15. The van der Waals surface area contributed by atoms with Gasteiger partial charge in [0.25, 0.3) is 0 Å². The highest BCUT2D eigenvalue weighted by atomic mass is 32.1. The normalized spacial score (nSPS) is 32.8. The van der Waals surface area contributed by atoms with Crippen LogP contribution in [-0.2, 0) is 11.3 Å². The summed E-state index contributed by atoms with van der Waals surface area (Å²) in [5, 5.41) is 3.09. The molecule has 1 heterocycles. The van der Waals surface area contributed by atoms with Gasteiger partial charge in [-0.3, -0.25) is 4.79 Å². The molecule has 4 heteroatoms. The van der Waals surface area contributed by atoms with Crippen LogP contribution >= 0.6 is 11.3 Å². The number of carbonyl (C=O) groups excluding carboxylic acids is 1. The molecule has 1 amide bonds. The van der Waals surface area contributed by atoms with Crippen LogP contribution in [0.2, 0.25) is 0 Å². The van der Waals surface area contributed by atoms with Crippen LogP contribution < -0.4 is 11.1 Å². The van der Waals surface area contributed by atoms with Gasteiger partial charge in [0.2, 0.25) is 5.91 Å². The van der Waals surface area contributed by atoms with Crippen molar-refractivity contribution in [2.75, 3.05) is 0 Å². The average molecular weight is 278 g/mol. The lowest BCUT2D eigenvalue weighted by Gasteiger charge is -2.26. The Kier molecular flexibility index (Phi) is 3.39. The van der Waals surface area contributed by atoms with Crippen molar-refractivity contribution in [2.45, 2.75) is 45.7 Å². The summed E-state index contributed by atoms with van der Waals surface area (Å²) in [5.74, 6) is 1.35. The first-order chi connectivity index (χ1) is 9.06. The van der Waals surface area contributed by atoms with Crippen LogP contribution in [0.15, 0.2) is 6.07 Å². The molecule has 1 aromatic heterocycles. The molecule has 0 saturated heterocycles. The van der Waals surface area contributed by atoms with E-state index in [1.165, 1.54) is 28.2 Å². The van der Waals surface area contributed by atoms with Crippen LogP contribution in [0.25, 0.3) is 0 Å². The van der Waals surface area contributed by atoms with Gasteiger partial charge in [0, 0.05) is 15.8 Å². The Labute approximate surface area is 118 Å². The van der Waals surface area contributed by atoms with Gasteiger partial charge in [0.15, 0.2) is 0 Å². The third kappa shape index (κ3) is 2.32. The van der Waals surface area contributed by atoms with Gasteiger partial charge in [0.1, 0.15) is 0 Å². The van der Waals surface area contributed by atoms with Crippen LogP contribution in [0.5, 0.6) is 0 Å². The number of nitrogens with one attached hydrogen (secondary N) is 1. The molecule has 3 N–H and O–H groups in total. The zero-order chi connectivity index (χ0) is 13.6. The predicted octanol–water partition coefficient (Wildman–Crippen LogP) is 2.35. The Morgan fingerprint density at radius 2 is 2.16 bits per heavy atom. The van der Waals surface area contributed by atoms with Gasteiger partial charge in [-0.1, -0.05) is 0 Å². The van der Waals surface area contributed by atoms with Crippen molar-refractivity contribution in [1.29, 1.82) is 0 Å². The number of rotatable bonds is 3. The summed E-state index contributed by atoms with van der Waals surface area (Å²) in [6.07, 6.45) is 3.57. The lowest BCUT2D eigenvalue weighted by atomic mass is 9.84. The third-order valence-electron chi connectivity index (χ3n) is 4.94. The SMILES string of the molecule is Cc1cc(CNC(=O)C2C3CCC(C3)C2N)sc1C. The molecule has 2 fully saturated rings. The van der Waals surface area contributed by atoms with Crippen molar-refractivity contribution in [3.05, 3.63) is 21.4 Å². The Morgan fingerprint density at radius 1 is 1.42 bits per heavy atom. The van der Waals surface area contributed by atoms with Crippen LogP contribution in [0.3, 0.4) is 0 Å². The molecule has 2 aliphatic rings. The van der Waals surface area contributed by atoms with Crippen LogP contribution in [0.1, 0.15) is 34.6 Å². The lowest BCUT2D eigenvalue weighted by Crippen LogP contribution is -2.45. The molecule has 4 unspecified atom stereocenters. The van der Waals surface area contributed by atoms with Crippen molar-refractivity contribution in [2.24, 2.45) is 23.5 Å². The molecular formula is C15H22N2OS. The number of fused-ring (bicyclic) bond motifs is 2. The summed E-state index contributed by atoms with van der Waals surface area (Å²) in [6.45, 7) is 4.89. The van der Waals surface area contributed by atoms with Gasteiger partial charge < -0.3 is 11.1 Å². The standard InChI is InChI=1S/C15H22N2OS/c1-8-5-12(19-9(8)2)7-17-15(18)13-10-3-4-11(6-10)14(13)16/h5,10-11,13-14H,3-4,6-7,16H2,1-2H3,(H,17,18). The number of amides is 1. The fourth-order valence-corrected chi connectivity index (χ4v) is 4.75. The second-order valence-corrected chi connectivity index (χ2v) is 7.45.